The number of carbonyl (C=O) groups is 3. The summed E-state index contributed by atoms with van der Waals surface area (Å²) >= 11 is 0. The zero-order chi connectivity index (χ0) is 29.4. The lowest BCUT2D eigenvalue weighted by Gasteiger charge is -2.24. The molecule has 3 aromatic carbocycles. The lowest BCUT2D eigenvalue weighted by molar-refractivity contribution is -0.115. The smallest absolute Gasteiger partial charge is 0.335 e. The second-order valence-electron chi connectivity index (χ2n) is 8.98. The Morgan fingerprint density at radius 3 is 2.30 bits per heavy atom. The molecule has 4 N–H and O–H groups in total. The fourth-order valence-electron chi connectivity index (χ4n) is 4.00. The van der Waals surface area contributed by atoms with Crippen LogP contribution < -0.4 is 30.2 Å². The number of carboxylic acid groups (broad SMARTS) is 1. The van der Waals surface area contributed by atoms with Gasteiger partial charge >= 0.3 is 12.0 Å². The van der Waals surface area contributed by atoms with Crippen LogP contribution in [0.2, 0.25) is 0 Å². The van der Waals surface area contributed by atoms with Gasteiger partial charge in [0.05, 0.1) is 31.2 Å². The molecule has 210 valence electrons. The summed E-state index contributed by atoms with van der Waals surface area (Å²) in [5.41, 5.74) is 8.75. The number of ketones is 1. The minimum Gasteiger partial charge on any atom is -0.495 e. The van der Waals surface area contributed by atoms with Crippen LogP contribution in [0, 0.1) is 6.92 Å². The molecule has 0 radical (unpaired) electrons. The number of carbonyl (C=O) groups excluding carboxylic acids is 2. The van der Waals surface area contributed by atoms with Crippen molar-refractivity contribution in [3.05, 3.63) is 89.5 Å². The van der Waals surface area contributed by atoms with Crippen molar-refractivity contribution in [2.75, 3.05) is 25.7 Å². The molecule has 0 saturated carbocycles. The summed E-state index contributed by atoms with van der Waals surface area (Å²) < 4.78 is 16.6. The highest BCUT2D eigenvalue weighted by Gasteiger charge is 2.22. The number of rotatable bonds is 13. The van der Waals surface area contributed by atoms with E-state index < -0.39 is 18.2 Å². The Hall–Kier alpha value is -4.83. The molecule has 0 saturated heterocycles. The Morgan fingerprint density at radius 2 is 1.68 bits per heavy atom. The largest absolute Gasteiger partial charge is 0.495 e. The van der Waals surface area contributed by atoms with E-state index in [4.69, 9.17) is 25.1 Å². The van der Waals surface area contributed by atoms with Crippen molar-refractivity contribution in [2.45, 2.75) is 26.5 Å². The number of aryl methyl sites for hydroxylation is 1. The number of aromatic carboxylic acids is 1. The van der Waals surface area contributed by atoms with Gasteiger partial charge in [0, 0.05) is 18.5 Å². The number of nitrogens with one attached hydrogen (secondary N) is 1. The lowest BCUT2D eigenvalue weighted by atomic mass is 10.0. The second kappa shape index (κ2) is 13.3. The number of methoxy groups -OCH3 is 2. The number of Topliss-reactive ketones (excluding diaryl/α,β-unsaturated/α-hetero) is 1. The van der Waals surface area contributed by atoms with E-state index in [-0.39, 0.29) is 30.1 Å². The molecule has 1 atom stereocenters. The molecular weight excluding hydrogens is 514 g/mol. The van der Waals surface area contributed by atoms with Crippen molar-refractivity contribution in [3.63, 3.8) is 0 Å². The van der Waals surface area contributed by atoms with Crippen molar-refractivity contribution >= 4 is 29.2 Å². The summed E-state index contributed by atoms with van der Waals surface area (Å²) in [5, 5.41) is 12.2. The van der Waals surface area contributed by atoms with E-state index in [1.165, 1.54) is 37.3 Å². The summed E-state index contributed by atoms with van der Waals surface area (Å²) in [7, 11) is 2.90. The zero-order valence-corrected chi connectivity index (χ0v) is 22.9. The maximum Gasteiger partial charge on any atom is 0.335 e. The molecule has 0 aliphatic carbocycles. The third-order valence-corrected chi connectivity index (χ3v) is 6.14. The predicted octanol–water partition coefficient (Wildman–Crippen LogP) is 4.61. The molecule has 0 bridgehead atoms. The molecule has 0 aliphatic rings. The first-order valence-electron chi connectivity index (χ1n) is 12.4. The second-order valence-corrected chi connectivity index (χ2v) is 8.98. The van der Waals surface area contributed by atoms with Gasteiger partial charge in [0.1, 0.15) is 12.0 Å². The van der Waals surface area contributed by atoms with Gasteiger partial charge in [-0.15, -0.1) is 0 Å². The third kappa shape index (κ3) is 7.17. The zero-order valence-electron chi connectivity index (χ0n) is 22.9. The Bertz CT molecular complexity index is 1420. The average Bonchev–Trinajstić information content (AvgIpc) is 2.93. The number of anilines is 2. The molecule has 2 amide bonds. The number of urea groups is 1. The van der Waals surface area contributed by atoms with Crippen LogP contribution in [0.25, 0.3) is 0 Å². The average molecular weight is 548 g/mol. The Balaban J connectivity index is 1.65. The van der Waals surface area contributed by atoms with Gasteiger partial charge in [-0.2, -0.15) is 0 Å². The van der Waals surface area contributed by atoms with E-state index in [2.05, 4.69) is 11.9 Å². The van der Waals surface area contributed by atoms with Crippen LogP contribution in [0.15, 0.2) is 72.8 Å². The molecule has 0 spiro atoms. The van der Waals surface area contributed by atoms with E-state index in [1.54, 1.807) is 31.2 Å². The highest BCUT2D eigenvalue weighted by atomic mass is 16.5. The number of amides is 2. The summed E-state index contributed by atoms with van der Waals surface area (Å²) in [5.74, 6) is -0.246. The number of benzene rings is 3. The van der Waals surface area contributed by atoms with Crippen LogP contribution >= 0.6 is 0 Å². The molecule has 0 heterocycles. The number of para-hydroxylation sites is 1. The number of carboxylic acids is 1. The minimum absolute atomic E-state index is 0.0673. The van der Waals surface area contributed by atoms with Crippen LogP contribution in [-0.4, -0.2) is 49.9 Å². The van der Waals surface area contributed by atoms with E-state index >= 15 is 0 Å². The summed E-state index contributed by atoms with van der Waals surface area (Å²) in [6, 6.07) is 16.1. The quantitative estimate of drug-likeness (QED) is 0.208. The van der Waals surface area contributed by atoms with Crippen LogP contribution in [-0.2, 0) is 11.2 Å². The molecule has 3 aromatic rings. The SMILES string of the molecule is C=C(CNC(C)Oc1ccc(C(=O)O)cc1OC)C(=O)Cc1ccc(N(C(N)=O)c2ccccc2C)c(OC)c1. The molecule has 3 rings (SSSR count). The fraction of sp³-hybridized carbons (Fsp3) is 0.233. The van der Waals surface area contributed by atoms with Gasteiger partial charge < -0.3 is 25.1 Å². The Kier molecular flexibility index (Phi) is 9.88. The van der Waals surface area contributed by atoms with Gasteiger partial charge in [0.15, 0.2) is 17.3 Å². The maximum absolute atomic E-state index is 12.9. The van der Waals surface area contributed by atoms with Crippen molar-refractivity contribution in [1.82, 2.24) is 5.32 Å². The molecule has 10 nitrogen and oxygen atoms in total. The summed E-state index contributed by atoms with van der Waals surface area (Å²) in [4.78, 5) is 37.8. The number of nitrogens with two attached hydrogens (primary N) is 1. The van der Waals surface area contributed by atoms with Crippen LogP contribution in [0.3, 0.4) is 0 Å². The first-order chi connectivity index (χ1) is 19.0. The fourth-order valence-corrected chi connectivity index (χ4v) is 4.00. The Labute approximate surface area is 233 Å². The monoisotopic (exact) mass is 547 g/mol. The van der Waals surface area contributed by atoms with E-state index in [9.17, 15) is 14.4 Å². The van der Waals surface area contributed by atoms with Gasteiger partial charge in [-0.25, -0.2) is 9.59 Å². The van der Waals surface area contributed by atoms with Crippen molar-refractivity contribution < 1.29 is 33.7 Å². The van der Waals surface area contributed by atoms with Crippen molar-refractivity contribution in [3.8, 4) is 17.2 Å². The van der Waals surface area contributed by atoms with Crippen molar-refractivity contribution in [1.29, 1.82) is 0 Å². The number of ether oxygens (including phenoxy) is 3. The van der Waals surface area contributed by atoms with Gasteiger partial charge in [-0.1, -0.05) is 30.8 Å². The molecular formula is C30H33N3O7. The normalized spacial score (nSPS) is 11.3. The van der Waals surface area contributed by atoms with Crippen LogP contribution in [0.4, 0.5) is 16.2 Å². The van der Waals surface area contributed by atoms with Crippen LogP contribution in [0.5, 0.6) is 17.2 Å². The van der Waals surface area contributed by atoms with E-state index in [0.717, 1.165) is 5.56 Å². The van der Waals surface area contributed by atoms with Gasteiger partial charge in [0.2, 0.25) is 0 Å². The molecule has 1 unspecified atom stereocenters. The number of hydrogen-bond donors (Lipinski definition) is 3. The highest BCUT2D eigenvalue weighted by molar-refractivity contribution is 6.01. The molecule has 0 aliphatic heterocycles. The van der Waals surface area contributed by atoms with Gasteiger partial charge in [-0.05, 0) is 61.4 Å². The molecule has 40 heavy (non-hydrogen) atoms. The first kappa shape index (κ1) is 29.7. The minimum atomic E-state index is -1.07. The Morgan fingerprint density at radius 1 is 0.975 bits per heavy atom. The maximum atomic E-state index is 12.9. The summed E-state index contributed by atoms with van der Waals surface area (Å²) in [6.07, 6.45) is -0.465. The molecule has 0 aromatic heterocycles. The van der Waals surface area contributed by atoms with Gasteiger partial charge in [0.25, 0.3) is 0 Å². The first-order valence-corrected chi connectivity index (χ1v) is 12.4. The lowest BCUT2D eigenvalue weighted by Crippen LogP contribution is -2.34. The molecule has 0 fully saturated rings. The third-order valence-electron chi connectivity index (χ3n) is 6.14. The predicted molar refractivity (Wildman–Crippen MR) is 152 cm³/mol. The van der Waals surface area contributed by atoms with Crippen molar-refractivity contribution in [2.24, 2.45) is 5.73 Å². The highest BCUT2D eigenvalue weighted by Crippen LogP contribution is 2.36. The number of primary amides is 1. The number of hydrogen-bond acceptors (Lipinski definition) is 7. The summed E-state index contributed by atoms with van der Waals surface area (Å²) in [6.45, 7) is 7.68. The van der Waals surface area contributed by atoms with Crippen LogP contribution in [0.1, 0.15) is 28.4 Å². The number of nitrogens with zero attached hydrogens (tertiary/aromatic N) is 1. The van der Waals surface area contributed by atoms with E-state index in [0.29, 0.717) is 34.0 Å². The van der Waals surface area contributed by atoms with Gasteiger partial charge in [-0.3, -0.25) is 15.0 Å². The topological polar surface area (TPSA) is 140 Å². The standard InChI is InChI=1S/C30H33N3O7/c1-18-8-6-7-9-23(18)33(30(31)37)24-12-10-21(15-27(24)38-4)14-25(34)19(2)17-32-20(3)40-26-13-11-22(29(35)36)16-28(26)39-5/h6-13,15-16,20,32H,2,14,17H2,1,3-5H3,(H2,31,37)(H,35,36). The molecule has 10 heteroatoms. The van der Waals surface area contributed by atoms with E-state index in [1.807, 2.05) is 25.1 Å².